The number of hydrogen-bond acceptors (Lipinski definition) is 5. The number of amides is 1. The fraction of sp³-hybridized carbons (Fsp3) is 0.267. The topological polar surface area (TPSA) is 75.5 Å². The minimum absolute atomic E-state index is 0.102. The molecule has 0 saturated heterocycles. The molecule has 1 heterocycles. The van der Waals surface area contributed by atoms with Gasteiger partial charge in [0, 0.05) is 30.6 Å². The zero-order chi connectivity index (χ0) is 17.1. The number of nitro benzene ring substituents is 1. The summed E-state index contributed by atoms with van der Waals surface area (Å²) in [6, 6.07) is 7.81. The van der Waals surface area contributed by atoms with E-state index in [-0.39, 0.29) is 23.2 Å². The van der Waals surface area contributed by atoms with Crippen molar-refractivity contribution in [2.24, 2.45) is 0 Å². The summed E-state index contributed by atoms with van der Waals surface area (Å²) in [5.41, 5.74) is 0.593. The summed E-state index contributed by atoms with van der Waals surface area (Å²) >= 11 is 7.27. The molecule has 0 radical (unpaired) electrons. The molecule has 1 N–H and O–H groups in total. The molecule has 1 aromatic carbocycles. The normalized spacial score (nSPS) is 11.8. The molecule has 122 valence electrons. The van der Waals surface area contributed by atoms with Crippen LogP contribution < -0.4 is 10.2 Å². The van der Waals surface area contributed by atoms with Crippen molar-refractivity contribution in [1.82, 2.24) is 5.32 Å². The molecule has 2 rings (SSSR count). The van der Waals surface area contributed by atoms with E-state index < -0.39 is 4.92 Å². The molecule has 0 spiro atoms. The SMILES string of the molecule is C[C@H](NC(=O)c1ccc(N(C)C)c([N+](=O)[O-])c1)c1ccc(Cl)s1. The number of halogens is 1. The highest BCUT2D eigenvalue weighted by molar-refractivity contribution is 7.16. The van der Waals surface area contributed by atoms with Gasteiger partial charge in [0.05, 0.1) is 15.3 Å². The molecule has 1 atom stereocenters. The number of nitrogens with zero attached hydrogens (tertiary/aromatic N) is 2. The molecule has 0 fully saturated rings. The van der Waals surface area contributed by atoms with Crippen molar-refractivity contribution in [2.45, 2.75) is 13.0 Å². The van der Waals surface area contributed by atoms with E-state index in [0.717, 1.165) is 4.88 Å². The molecule has 2 aromatic rings. The summed E-state index contributed by atoms with van der Waals surface area (Å²) < 4.78 is 0.645. The van der Waals surface area contributed by atoms with Crippen molar-refractivity contribution in [3.05, 3.63) is 55.2 Å². The number of benzene rings is 1. The molecule has 1 aromatic heterocycles. The first-order chi connectivity index (χ1) is 10.8. The molecule has 0 saturated carbocycles. The number of thiophene rings is 1. The maximum Gasteiger partial charge on any atom is 0.293 e. The standard InChI is InChI=1S/C15H16ClN3O3S/c1-9(13-6-7-14(16)23-13)17-15(20)10-4-5-11(18(2)3)12(8-10)19(21)22/h4-9H,1-3H3,(H,17,20)/t9-/m0/s1. The second-order valence-electron chi connectivity index (χ2n) is 5.19. The maximum absolute atomic E-state index is 12.3. The molecule has 0 unspecified atom stereocenters. The molecule has 8 heteroatoms. The number of nitro groups is 1. The third kappa shape index (κ3) is 4.00. The molecule has 0 aliphatic rings. The van der Waals surface area contributed by atoms with Crippen LogP contribution in [0.4, 0.5) is 11.4 Å². The fourth-order valence-electron chi connectivity index (χ4n) is 2.10. The van der Waals surface area contributed by atoms with Crippen molar-refractivity contribution in [3.8, 4) is 0 Å². The lowest BCUT2D eigenvalue weighted by Gasteiger charge is -2.15. The van der Waals surface area contributed by atoms with E-state index in [1.165, 1.54) is 17.4 Å². The Morgan fingerprint density at radius 3 is 2.57 bits per heavy atom. The zero-order valence-electron chi connectivity index (χ0n) is 12.9. The van der Waals surface area contributed by atoms with Gasteiger partial charge in [0.15, 0.2) is 0 Å². The smallest absolute Gasteiger partial charge is 0.293 e. The molecular weight excluding hydrogens is 338 g/mol. The minimum Gasteiger partial charge on any atom is -0.372 e. The van der Waals surface area contributed by atoms with E-state index >= 15 is 0 Å². The van der Waals surface area contributed by atoms with Gasteiger partial charge in [-0.3, -0.25) is 14.9 Å². The van der Waals surface area contributed by atoms with E-state index in [4.69, 9.17) is 11.6 Å². The van der Waals surface area contributed by atoms with Gasteiger partial charge in [-0.05, 0) is 31.2 Å². The van der Waals surface area contributed by atoms with E-state index in [1.54, 1.807) is 37.2 Å². The first kappa shape index (κ1) is 17.2. The second-order valence-corrected chi connectivity index (χ2v) is 6.94. The van der Waals surface area contributed by atoms with E-state index in [1.807, 2.05) is 13.0 Å². The van der Waals surface area contributed by atoms with Gasteiger partial charge in [0.1, 0.15) is 5.69 Å². The molecule has 0 aliphatic heterocycles. The highest BCUT2D eigenvalue weighted by Gasteiger charge is 2.20. The van der Waals surface area contributed by atoms with Crippen molar-refractivity contribution in [3.63, 3.8) is 0 Å². The van der Waals surface area contributed by atoms with Gasteiger partial charge in [-0.25, -0.2) is 0 Å². The summed E-state index contributed by atoms with van der Waals surface area (Å²) in [6.07, 6.45) is 0. The van der Waals surface area contributed by atoms with Gasteiger partial charge in [0.2, 0.25) is 0 Å². The molecule has 0 aliphatic carbocycles. The van der Waals surface area contributed by atoms with Crippen LogP contribution in [0, 0.1) is 10.1 Å². The number of hydrogen-bond donors (Lipinski definition) is 1. The Morgan fingerprint density at radius 1 is 1.35 bits per heavy atom. The van der Waals surface area contributed by atoms with Crippen LogP contribution in [0.1, 0.15) is 28.2 Å². The zero-order valence-corrected chi connectivity index (χ0v) is 14.4. The highest BCUT2D eigenvalue weighted by atomic mass is 35.5. The van der Waals surface area contributed by atoms with Crippen molar-refractivity contribution in [1.29, 1.82) is 0 Å². The van der Waals surface area contributed by atoms with Crippen molar-refractivity contribution >= 4 is 40.2 Å². The Balaban J connectivity index is 2.22. The summed E-state index contributed by atoms with van der Waals surface area (Å²) in [4.78, 5) is 25.6. The lowest BCUT2D eigenvalue weighted by Crippen LogP contribution is -2.26. The van der Waals surface area contributed by atoms with E-state index in [9.17, 15) is 14.9 Å². The fourth-order valence-corrected chi connectivity index (χ4v) is 3.16. The number of rotatable bonds is 5. The lowest BCUT2D eigenvalue weighted by atomic mass is 10.1. The van der Waals surface area contributed by atoms with Gasteiger partial charge in [0.25, 0.3) is 11.6 Å². The first-order valence-electron chi connectivity index (χ1n) is 6.81. The van der Waals surface area contributed by atoms with Crippen LogP contribution in [0.2, 0.25) is 4.34 Å². The molecule has 1 amide bonds. The van der Waals surface area contributed by atoms with Crippen LogP contribution in [0.25, 0.3) is 0 Å². The Bertz CT molecular complexity index is 745. The van der Waals surface area contributed by atoms with Crippen LogP contribution in [0.3, 0.4) is 0 Å². The molecular formula is C15H16ClN3O3S. The Morgan fingerprint density at radius 2 is 2.04 bits per heavy atom. The van der Waals surface area contributed by atoms with Gasteiger partial charge in [-0.2, -0.15) is 0 Å². The van der Waals surface area contributed by atoms with Crippen molar-refractivity contribution < 1.29 is 9.72 Å². The average molecular weight is 354 g/mol. The Labute approximate surface area is 142 Å². The van der Waals surface area contributed by atoms with E-state index in [0.29, 0.717) is 10.0 Å². The maximum atomic E-state index is 12.3. The minimum atomic E-state index is -0.491. The highest BCUT2D eigenvalue weighted by Crippen LogP contribution is 2.29. The number of anilines is 1. The monoisotopic (exact) mass is 353 g/mol. The number of carbonyl (C=O) groups is 1. The van der Waals surface area contributed by atoms with Crippen molar-refractivity contribution in [2.75, 3.05) is 19.0 Å². The third-order valence-corrected chi connectivity index (χ3v) is 4.70. The first-order valence-corrected chi connectivity index (χ1v) is 8.01. The summed E-state index contributed by atoms with van der Waals surface area (Å²) in [7, 11) is 3.43. The summed E-state index contributed by atoms with van der Waals surface area (Å²) in [5.74, 6) is -0.365. The van der Waals surface area contributed by atoms with Crippen LogP contribution in [0.15, 0.2) is 30.3 Å². The largest absolute Gasteiger partial charge is 0.372 e. The predicted molar refractivity (Wildman–Crippen MR) is 92.6 cm³/mol. The summed E-state index contributed by atoms with van der Waals surface area (Å²) in [6.45, 7) is 1.84. The van der Waals surface area contributed by atoms with Gasteiger partial charge in [-0.15, -0.1) is 11.3 Å². The van der Waals surface area contributed by atoms with E-state index in [2.05, 4.69) is 5.32 Å². The average Bonchev–Trinajstić information content (AvgIpc) is 2.93. The molecule has 23 heavy (non-hydrogen) atoms. The second kappa shape index (κ2) is 6.97. The van der Waals surface area contributed by atoms with Crippen LogP contribution in [-0.4, -0.2) is 24.9 Å². The number of nitrogens with one attached hydrogen (secondary N) is 1. The lowest BCUT2D eigenvalue weighted by molar-refractivity contribution is -0.384. The predicted octanol–water partition coefficient (Wildman–Crippen LogP) is 3.87. The number of carbonyl (C=O) groups excluding carboxylic acids is 1. The van der Waals surface area contributed by atoms with Crippen LogP contribution in [-0.2, 0) is 0 Å². The van der Waals surface area contributed by atoms with Gasteiger partial charge in [-0.1, -0.05) is 11.6 Å². The third-order valence-electron chi connectivity index (χ3n) is 3.28. The van der Waals surface area contributed by atoms with Crippen LogP contribution >= 0.6 is 22.9 Å². The molecule has 6 nitrogen and oxygen atoms in total. The molecule has 0 bridgehead atoms. The Kier molecular flexibility index (Phi) is 5.23. The quantitative estimate of drug-likeness (QED) is 0.654. The van der Waals surface area contributed by atoms with Gasteiger partial charge < -0.3 is 10.2 Å². The Hall–Kier alpha value is -2.12. The summed E-state index contributed by atoms with van der Waals surface area (Å²) in [5, 5.41) is 14.0. The van der Waals surface area contributed by atoms with Crippen LogP contribution in [0.5, 0.6) is 0 Å². The van der Waals surface area contributed by atoms with Gasteiger partial charge >= 0.3 is 0 Å².